The predicted octanol–water partition coefficient (Wildman–Crippen LogP) is 4.86. The van der Waals surface area contributed by atoms with Crippen LogP contribution in [0.4, 0.5) is 4.39 Å². The maximum absolute atomic E-state index is 13.6. The molecule has 0 N–H and O–H groups in total. The van der Waals surface area contributed by atoms with Crippen molar-refractivity contribution in [1.82, 2.24) is 9.80 Å². The van der Waals surface area contributed by atoms with Crippen molar-refractivity contribution in [2.45, 2.75) is 26.3 Å². The van der Waals surface area contributed by atoms with Crippen molar-refractivity contribution < 1.29 is 18.7 Å². The van der Waals surface area contributed by atoms with Crippen molar-refractivity contribution in [1.29, 1.82) is 0 Å². The highest BCUT2D eigenvalue weighted by Gasteiger charge is 2.33. The van der Waals surface area contributed by atoms with Crippen LogP contribution in [-0.2, 0) is 11.2 Å². The maximum atomic E-state index is 13.6. The normalized spacial score (nSPS) is 15.1. The third-order valence-electron chi connectivity index (χ3n) is 5.99. The van der Waals surface area contributed by atoms with Gasteiger partial charge in [0.05, 0.1) is 6.04 Å². The standard InChI is InChI=1S/C26H27FN2O3S/c1-3-28(26(31)21-10-5-4-7-18(21)2)16-25(30)29-13-11-24-22(12-14-33-24)23(29)17-32-20-9-6-8-19(27)15-20/h4-10,12,14-15,23H,3,11,13,16-17H2,1-2H3/t23-/m0/s1. The van der Waals surface area contributed by atoms with Gasteiger partial charge in [-0.25, -0.2) is 4.39 Å². The van der Waals surface area contributed by atoms with Crippen LogP contribution < -0.4 is 4.74 Å². The van der Waals surface area contributed by atoms with Gasteiger partial charge in [0.15, 0.2) is 0 Å². The van der Waals surface area contributed by atoms with Crippen LogP contribution in [0.2, 0.25) is 0 Å². The first-order valence-corrected chi connectivity index (χ1v) is 11.9. The fourth-order valence-electron chi connectivity index (χ4n) is 4.17. The summed E-state index contributed by atoms with van der Waals surface area (Å²) in [5, 5.41) is 2.02. The average Bonchev–Trinajstić information content (AvgIpc) is 3.30. The van der Waals surface area contributed by atoms with Crippen LogP contribution in [0, 0.1) is 12.7 Å². The van der Waals surface area contributed by atoms with Gasteiger partial charge in [0.25, 0.3) is 5.91 Å². The molecule has 2 aromatic carbocycles. The number of likely N-dealkylation sites (N-methyl/N-ethyl adjacent to an activating group) is 1. The molecule has 0 aliphatic carbocycles. The number of halogens is 1. The van der Waals surface area contributed by atoms with Gasteiger partial charge in [-0.15, -0.1) is 11.3 Å². The van der Waals surface area contributed by atoms with Gasteiger partial charge in [-0.1, -0.05) is 24.3 Å². The third-order valence-corrected chi connectivity index (χ3v) is 6.99. The number of rotatable bonds is 7. The molecule has 0 fully saturated rings. The number of ether oxygens (including phenoxy) is 1. The van der Waals surface area contributed by atoms with Gasteiger partial charge in [0.2, 0.25) is 5.91 Å². The number of thiophene rings is 1. The number of hydrogen-bond acceptors (Lipinski definition) is 4. The van der Waals surface area contributed by atoms with Crippen molar-refractivity contribution in [3.05, 3.63) is 87.4 Å². The summed E-state index contributed by atoms with van der Waals surface area (Å²) in [6.45, 7) is 4.98. The van der Waals surface area contributed by atoms with E-state index < -0.39 is 0 Å². The molecule has 3 aromatic rings. The molecule has 33 heavy (non-hydrogen) atoms. The Bertz CT molecular complexity index is 1150. The van der Waals surface area contributed by atoms with Gasteiger partial charge < -0.3 is 14.5 Å². The van der Waals surface area contributed by atoms with E-state index in [1.165, 1.54) is 17.0 Å². The quantitative estimate of drug-likeness (QED) is 0.500. The SMILES string of the molecule is CCN(CC(=O)N1CCc2sccc2[C@@H]1COc1cccc(F)c1)C(=O)c1ccccc1C. The Morgan fingerprint density at radius 2 is 2.00 bits per heavy atom. The molecular formula is C26H27FN2O3S. The monoisotopic (exact) mass is 466 g/mol. The molecule has 1 atom stereocenters. The van der Waals surface area contributed by atoms with Gasteiger partial charge in [-0.2, -0.15) is 0 Å². The van der Waals surface area contributed by atoms with Crippen LogP contribution >= 0.6 is 11.3 Å². The molecule has 0 radical (unpaired) electrons. The molecule has 172 valence electrons. The zero-order valence-electron chi connectivity index (χ0n) is 18.8. The van der Waals surface area contributed by atoms with Crippen LogP contribution in [0.5, 0.6) is 5.75 Å². The molecule has 4 rings (SSSR count). The number of hydrogen-bond donors (Lipinski definition) is 0. The summed E-state index contributed by atoms with van der Waals surface area (Å²) < 4.78 is 19.5. The van der Waals surface area contributed by atoms with Crippen LogP contribution in [0.1, 0.15) is 39.3 Å². The first-order chi connectivity index (χ1) is 16.0. The minimum atomic E-state index is -0.367. The number of carbonyl (C=O) groups is 2. The van der Waals surface area contributed by atoms with E-state index in [9.17, 15) is 14.0 Å². The van der Waals surface area contributed by atoms with Crippen molar-refractivity contribution in [2.24, 2.45) is 0 Å². The zero-order valence-corrected chi connectivity index (χ0v) is 19.6. The minimum Gasteiger partial charge on any atom is -0.491 e. The van der Waals surface area contributed by atoms with E-state index in [4.69, 9.17) is 4.74 Å². The third kappa shape index (κ3) is 5.09. The number of amides is 2. The van der Waals surface area contributed by atoms with Gasteiger partial charge in [0.1, 0.15) is 24.7 Å². The number of nitrogens with zero attached hydrogens (tertiary/aromatic N) is 2. The number of fused-ring (bicyclic) bond motifs is 1. The lowest BCUT2D eigenvalue weighted by Gasteiger charge is -2.37. The lowest BCUT2D eigenvalue weighted by Crippen LogP contribution is -2.47. The highest BCUT2D eigenvalue weighted by molar-refractivity contribution is 7.10. The summed E-state index contributed by atoms with van der Waals surface area (Å²) in [7, 11) is 0. The molecular weight excluding hydrogens is 439 g/mol. The van der Waals surface area contributed by atoms with Gasteiger partial charge in [-0.05, 0) is 61.0 Å². The van der Waals surface area contributed by atoms with Gasteiger partial charge >= 0.3 is 0 Å². The van der Waals surface area contributed by atoms with Crippen molar-refractivity contribution >= 4 is 23.2 Å². The fraction of sp³-hybridized carbons (Fsp3) is 0.308. The Morgan fingerprint density at radius 3 is 2.76 bits per heavy atom. The Morgan fingerprint density at radius 1 is 1.18 bits per heavy atom. The second-order valence-corrected chi connectivity index (χ2v) is 9.06. The zero-order chi connectivity index (χ0) is 23.4. The molecule has 2 amide bonds. The molecule has 1 aliphatic rings. The summed E-state index contributed by atoms with van der Waals surface area (Å²) in [5.41, 5.74) is 2.55. The van der Waals surface area contributed by atoms with Gasteiger partial charge in [0, 0.05) is 29.6 Å². The van der Waals surface area contributed by atoms with E-state index >= 15 is 0 Å². The first kappa shape index (κ1) is 23.0. The van der Waals surface area contributed by atoms with E-state index in [2.05, 4.69) is 0 Å². The molecule has 0 saturated carbocycles. The summed E-state index contributed by atoms with van der Waals surface area (Å²) in [6.07, 6.45) is 0.771. The van der Waals surface area contributed by atoms with Crippen molar-refractivity contribution in [2.75, 3.05) is 26.2 Å². The second-order valence-electron chi connectivity index (χ2n) is 8.05. The summed E-state index contributed by atoms with van der Waals surface area (Å²) in [4.78, 5) is 31.1. The lowest BCUT2D eigenvalue weighted by atomic mass is 10.00. The largest absolute Gasteiger partial charge is 0.491 e. The van der Waals surface area contributed by atoms with E-state index in [-0.39, 0.29) is 36.8 Å². The molecule has 0 spiro atoms. The van der Waals surface area contributed by atoms with Crippen molar-refractivity contribution in [3.63, 3.8) is 0 Å². The van der Waals surface area contributed by atoms with Crippen LogP contribution in [0.25, 0.3) is 0 Å². The Kier molecular flexibility index (Phi) is 7.08. The predicted molar refractivity (Wildman–Crippen MR) is 127 cm³/mol. The molecule has 1 aliphatic heterocycles. The molecule has 1 aromatic heterocycles. The first-order valence-electron chi connectivity index (χ1n) is 11.1. The molecule has 7 heteroatoms. The maximum Gasteiger partial charge on any atom is 0.254 e. The summed E-state index contributed by atoms with van der Waals surface area (Å²) >= 11 is 1.67. The van der Waals surface area contributed by atoms with Crippen molar-refractivity contribution in [3.8, 4) is 5.75 Å². The fourth-order valence-corrected chi connectivity index (χ4v) is 5.10. The van der Waals surface area contributed by atoms with E-state index in [1.807, 2.05) is 43.5 Å². The van der Waals surface area contributed by atoms with Crippen LogP contribution in [0.15, 0.2) is 60.0 Å². The molecule has 0 bridgehead atoms. The Hall–Kier alpha value is -3.19. The van der Waals surface area contributed by atoms with Gasteiger partial charge in [-0.3, -0.25) is 9.59 Å². The lowest BCUT2D eigenvalue weighted by molar-refractivity contribution is -0.135. The summed E-state index contributed by atoms with van der Waals surface area (Å²) in [5.74, 6) is -0.212. The average molecular weight is 467 g/mol. The minimum absolute atomic E-state index is 0.000394. The van der Waals surface area contributed by atoms with Crippen LogP contribution in [-0.4, -0.2) is 47.9 Å². The molecule has 5 nitrogen and oxygen atoms in total. The number of benzene rings is 2. The highest BCUT2D eigenvalue weighted by Crippen LogP contribution is 2.34. The number of carbonyl (C=O) groups excluding carboxylic acids is 2. The van der Waals surface area contributed by atoms with E-state index in [1.54, 1.807) is 39.3 Å². The Balaban J connectivity index is 1.52. The van der Waals surface area contributed by atoms with E-state index in [0.717, 1.165) is 17.5 Å². The van der Waals surface area contributed by atoms with Crippen LogP contribution in [0.3, 0.4) is 0 Å². The number of aryl methyl sites for hydroxylation is 1. The molecule has 0 unspecified atom stereocenters. The highest BCUT2D eigenvalue weighted by atomic mass is 32.1. The Labute approximate surface area is 197 Å². The second kappa shape index (κ2) is 10.2. The molecule has 0 saturated heterocycles. The van der Waals surface area contributed by atoms with E-state index in [0.29, 0.717) is 24.4 Å². The smallest absolute Gasteiger partial charge is 0.254 e. The summed E-state index contributed by atoms with van der Waals surface area (Å²) in [6, 6.07) is 15.1. The molecule has 2 heterocycles. The topological polar surface area (TPSA) is 49.9 Å².